The number of benzene rings is 2. The average molecular weight is 579 g/mol. The zero-order chi connectivity index (χ0) is 25.9. The lowest BCUT2D eigenvalue weighted by Crippen LogP contribution is -2.41. The van der Waals surface area contributed by atoms with E-state index in [9.17, 15) is 28.7 Å². The van der Waals surface area contributed by atoms with E-state index >= 15 is 0 Å². The number of halogens is 1. The van der Waals surface area contributed by atoms with Gasteiger partial charge in [-0.25, -0.2) is 8.42 Å². The molecule has 4 N–H and O–H groups in total. The van der Waals surface area contributed by atoms with Crippen LogP contribution in [0.2, 0.25) is 0 Å². The molecule has 1 amide bonds. The van der Waals surface area contributed by atoms with Gasteiger partial charge in [0.05, 0.1) is 35.9 Å². The Hall–Kier alpha value is -2.85. The van der Waals surface area contributed by atoms with E-state index in [4.69, 9.17) is 4.74 Å². The molecule has 0 unspecified atom stereocenters. The Morgan fingerprint density at radius 1 is 1.19 bits per heavy atom. The number of carbonyl (C=O) groups excluding carboxylic acids is 1. The molecule has 0 atom stereocenters. The maximum Gasteiger partial charge on any atom is 0.265 e. The second-order valence-electron chi connectivity index (χ2n) is 8.89. The van der Waals surface area contributed by atoms with Gasteiger partial charge in [-0.2, -0.15) is 5.26 Å². The lowest BCUT2D eigenvalue weighted by atomic mass is 9.65. The lowest BCUT2D eigenvalue weighted by Gasteiger charge is -2.36. The van der Waals surface area contributed by atoms with Crippen LogP contribution in [0.5, 0.6) is 11.5 Å². The molecule has 2 fully saturated rings. The molecule has 10 nitrogen and oxygen atoms in total. The molecule has 2 aromatic rings. The third-order valence-electron chi connectivity index (χ3n) is 6.60. The van der Waals surface area contributed by atoms with E-state index in [0.717, 1.165) is 19.5 Å². The first-order chi connectivity index (χ1) is 17.1. The smallest absolute Gasteiger partial charge is 0.265 e. The molecule has 1 saturated heterocycles. The van der Waals surface area contributed by atoms with Crippen molar-refractivity contribution in [2.75, 3.05) is 44.1 Å². The number of ether oxygens (including phenoxy) is 1. The lowest BCUT2D eigenvalue weighted by molar-refractivity contribution is 0.0383. The van der Waals surface area contributed by atoms with Crippen molar-refractivity contribution >= 4 is 37.5 Å². The van der Waals surface area contributed by atoms with E-state index < -0.39 is 37.7 Å². The van der Waals surface area contributed by atoms with Gasteiger partial charge in [0.2, 0.25) is 0 Å². The quantitative estimate of drug-likeness (QED) is 0.349. The summed E-state index contributed by atoms with van der Waals surface area (Å²) in [5.41, 5.74) is -0.795. The summed E-state index contributed by atoms with van der Waals surface area (Å²) < 4.78 is 34.2. The van der Waals surface area contributed by atoms with Crippen LogP contribution >= 0.6 is 15.9 Å². The van der Waals surface area contributed by atoms with Crippen LogP contribution in [0, 0.1) is 11.3 Å². The molecule has 36 heavy (non-hydrogen) atoms. The number of aromatic hydroxyl groups is 2. The number of phenols is 2. The minimum atomic E-state index is -4.34. The molecule has 4 rings (SSSR count). The molecule has 192 valence electrons. The first-order valence-electron chi connectivity index (χ1n) is 11.5. The van der Waals surface area contributed by atoms with Crippen molar-refractivity contribution in [2.24, 2.45) is 0 Å². The largest absolute Gasteiger partial charge is 0.507 e. The Kier molecular flexibility index (Phi) is 7.75. The summed E-state index contributed by atoms with van der Waals surface area (Å²) in [6, 6.07) is 9.06. The number of nitriles is 1. The molecule has 0 radical (unpaired) electrons. The number of anilines is 1. The predicted octanol–water partition coefficient (Wildman–Crippen LogP) is 2.67. The SMILES string of the molecule is N#CC1(c2cc(NS(=O)(=O)c3cc(Br)ccc3O)c(O)c(C(=O)NCCN3CCOCC3)c2)CCC1. The number of hydrogen-bond acceptors (Lipinski definition) is 8. The Balaban J connectivity index is 1.65. The average Bonchev–Trinajstić information content (AvgIpc) is 2.82. The van der Waals surface area contributed by atoms with Crippen LogP contribution < -0.4 is 10.0 Å². The van der Waals surface area contributed by atoms with Crippen LogP contribution in [-0.4, -0.2) is 68.8 Å². The van der Waals surface area contributed by atoms with Crippen molar-refractivity contribution in [3.8, 4) is 17.6 Å². The molecule has 0 bridgehead atoms. The van der Waals surface area contributed by atoms with Gasteiger partial charge >= 0.3 is 0 Å². The van der Waals surface area contributed by atoms with Crippen molar-refractivity contribution in [3.63, 3.8) is 0 Å². The van der Waals surface area contributed by atoms with Gasteiger partial charge in [-0.3, -0.25) is 14.4 Å². The Morgan fingerprint density at radius 3 is 2.56 bits per heavy atom. The van der Waals surface area contributed by atoms with E-state index in [0.29, 0.717) is 49.2 Å². The number of nitrogens with zero attached hydrogens (tertiary/aromatic N) is 2. The molecular weight excluding hydrogens is 552 g/mol. The fourth-order valence-electron chi connectivity index (χ4n) is 4.31. The normalized spacial score (nSPS) is 17.6. The zero-order valence-corrected chi connectivity index (χ0v) is 21.9. The topological polar surface area (TPSA) is 152 Å². The van der Waals surface area contributed by atoms with Crippen molar-refractivity contribution in [1.29, 1.82) is 5.26 Å². The zero-order valence-electron chi connectivity index (χ0n) is 19.5. The minimum absolute atomic E-state index is 0.132. The third kappa shape index (κ3) is 5.44. The Bertz CT molecular complexity index is 1300. The molecule has 1 heterocycles. The van der Waals surface area contributed by atoms with E-state index in [1.54, 1.807) is 0 Å². The molecule has 2 aromatic carbocycles. The first-order valence-corrected chi connectivity index (χ1v) is 13.8. The number of morpholine rings is 1. The number of rotatable bonds is 8. The van der Waals surface area contributed by atoms with Crippen molar-refractivity contribution < 1.29 is 28.2 Å². The third-order valence-corrected chi connectivity index (χ3v) is 8.49. The second kappa shape index (κ2) is 10.6. The molecule has 0 aromatic heterocycles. The van der Waals surface area contributed by atoms with Crippen LogP contribution in [0.25, 0.3) is 0 Å². The highest BCUT2D eigenvalue weighted by Gasteiger charge is 2.40. The summed E-state index contributed by atoms with van der Waals surface area (Å²) in [4.78, 5) is 14.8. The van der Waals surface area contributed by atoms with Gasteiger partial charge in [0.1, 0.15) is 10.6 Å². The van der Waals surface area contributed by atoms with Crippen molar-refractivity contribution in [2.45, 2.75) is 29.6 Å². The van der Waals surface area contributed by atoms with Gasteiger partial charge in [-0.1, -0.05) is 15.9 Å². The van der Waals surface area contributed by atoms with Gasteiger partial charge in [0, 0.05) is 30.7 Å². The molecule has 0 spiro atoms. The highest BCUT2D eigenvalue weighted by atomic mass is 79.9. The Morgan fingerprint density at radius 2 is 1.92 bits per heavy atom. The van der Waals surface area contributed by atoms with E-state index in [-0.39, 0.29) is 11.3 Å². The van der Waals surface area contributed by atoms with Crippen LogP contribution in [0.1, 0.15) is 35.2 Å². The van der Waals surface area contributed by atoms with Gasteiger partial charge in [0.15, 0.2) is 5.75 Å². The summed E-state index contributed by atoms with van der Waals surface area (Å²) in [6.45, 7) is 3.69. The van der Waals surface area contributed by atoms with Crippen LogP contribution in [0.15, 0.2) is 39.7 Å². The van der Waals surface area contributed by atoms with Gasteiger partial charge < -0.3 is 20.3 Å². The number of phenolic OH excluding ortho intramolecular Hbond substituents is 2. The fraction of sp³-hybridized carbons (Fsp3) is 0.417. The summed E-state index contributed by atoms with van der Waals surface area (Å²) in [6.07, 6.45) is 1.94. The van der Waals surface area contributed by atoms with Gasteiger partial charge in [-0.05, 0) is 55.2 Å². The van der Waals surface area contributed by atoms with Crippen LogP contribution in [-0.2, 0) is 20.2 Å². The maximum atomic E-state index is 13.1. The first kappa shape index (κ1) is 26.2. The van der Waals surface area contributed by atoms with E-state index in [1.807, 2.05) is 0 Å². The van der Waals surface area contributed by atoms with E-state index in [2.05, 4.69) is 36.9 Å². The van der Waals surface area contributed by atoms with Crippen molar-refractivity contribution in [1.82, 2.24) is 10.2 Å². The minimum Gasteiger partial charge on any atom is -0.507 e. The maximum absolute atomic E-state index is 13.1. The molecule has 1 aliphatic heterocycles. The fourth-order valence-corrected chi connectivity index (χ4v) is 6.00. The van der Waals surface area contributed by atoms with Gasteiger partial charge in [-0.15, -0.1) is 0 Å². The molecule has 1 saturated carbocycles. The monoisotopic (exact) mass is 578 g/mol. The molecular formula is C24H27BrN4O6S. The van der Waals surface area contributed by atoms with E-state index in [1.165, 1.54) is 30.3 Å². The number of carbonyl (C=O) groups is 1. The molecule has 12 heteroatoms. The highest BCUT2D eigenvalue weighted by Crippen LogP contribution is 2.46. The number of nitrogens with one attached hydrogen (secondary N) is 2. The number of sulfonamides is 1. The summed E-state index contributed by atoms with van der Waals surface area (Å²) in [5.74, 6) is -1.62. The van der Waals surface area contributed by atoms with Crippen molar-refractivity contribution in [3.05, 3.63) is 45.9 Å². The second-order valence-corrected chi connectivity index (χ2v) is 11.5. The molecule has 2 aliphatic rings. The Labute approximate surface area is 218 Å². The standard InChI is InChI=1S/C24H27BrN4O6S/c25-17-2-3-20(30)21(14-17)36(33,34)28-19-13-16(24(15-26)4-1-5-24)12-18(22(19)31)23(32)27-6-7-29-8-10-35-11-9-29/h2-3,12-14,28,30-31H,1,4-11H2,(H,27,32). The summed E-state index contributed by atoms with van der Waals surface area (Å²) in [7, 11) is -4.34. The van der Waals surface area contributed by atoms with Crippen LogP contribution in [0.4, 0.5) is 5.69 Å². The summed E-state index contributed by atoms with van der Waals surface area (Å²) >= 11 is 3.18. The predicted molar refractivity (Wildman–Crippen MR) is 135 cm³/mol. The molecule has 1 aliphatic carbocycles. The highest BCUT2D eigenvalue weighted by molar-refractivity contribution is 9.10. The van der Waals surface area contributed by atoms with Gasteiger partial charge in [0.25, 0.3) is 15.9 Å². The number of amides is 1. The summed E-state index contributed by atoms with van der Waals surface area (Å²) in [5, 5.41) is 33.6. The number of hydrogen-bond donors (Lipinski definition) is 4. The van der Waals surface area contributed by atoms with Crippen LogP contribution in [0.3, 0.4) is 0 Å².